The summed E-state index contributed by atoms with van der Waals surface area (Å²) in [5.74, 6) is -2.61. The number of nitrogens with one attached hydrogen (secondary N) is 2. The number of nitrogens with zero attached hydrogens (tertiary/aromatic N) is 1. The first kappa shape index (κ1) is 25.5. The van der Waals surface area contributed by atoms with E-state index in [1.807, 2.05) is 0 Å². The molecular weight excluding hydrogens is 509 g/mol. The minimum Gasteiger partial charge on any atom is -0.496 e. The van der Waals surface area contributed by atoms with Crippen molar-refractivity contribution in [1.82, 2.24) is 4.90 Å². The van der Waals surface area contributed by atoms with E-state index in [1.165, 1.54) is 36.3 Å². The summed E-state index contributed by atoms with van der Waals surface area (Å²) in [5, 5.41) is 14.7. The molecule has 36 heavy (non-hydrogen) atoms. The number of carbonyl (C=O) groups is 4. The van der Waals surface area contributed by atoms with Crippen LogP contribution >= 0.6 is 23.2 Å². The summed E-state index contributed by atoms with van der Waals surface area (Å²) in [5.41, 5.74) is 0.806. The number of carboxylic acids is 1. The molecule has 1 aliphatic heterocycles. The lowest BCUT2D eigenvalue weighted by atomic mass is 9.94. The highest BCUT2D eigenvalue weighted by atomic mass is 35.5. The van der Waals surface area contributed by atoms with Gasteiger partial charge in [0.15, 0.2) is 0 Å². The second-order valence-electron chi connectivity index (χ2n) is 8.46. The fourth-order valence-corrected chi connectivity index (χ4v) is 4.76. The molecule has 4 rings (SSSR count). The van der Waals surface area contributed by atoms with E-state index >= 15 is 0 Å². The molecule has 11 heteroatoms. The van der Waals surface area contributed by atoms with Crippen molar-refractivity contribution in [2.75, 3.05) is 17.7 Å². The van der Waals surface area contributed by atoms with Crippen LogP contribution in [0.2, 0.25) is 5.02 Å². The van der Waals surface area contributed by atoms with Gasteiger partial charge in [-0.3, -0.25) is 19.3 Å². The Morgan fingerprint density at radius 3 is 2.31 bits per heavy atom. The molecule has 0 aromatic heterocycles. The molecule has 3 N–H and O–H groups in total. The van der Waals surface area contributed by atoms with Crippen molar-refractivity contribution in [2.45, 2.75) is 38.1 Å². The zero-order valence-electron chi connectivity index (χ0n) is 19.3. The monoisotopic (exact) mass is 531 g/mol. The van der Waals surface area contributed by atoms with Gasteiger partial charge in [-0.2, -0.15) is 0 Å². The number of amides is 3. The second kappa shape index (κ2) is 10.6. The highest BCUT2D eigenvalue weighted by Crippen LogP contribution is 2.33. The van der Waals surface area contributed by atoms with Crippen molar-refractivity contribution in [3.8, 4) is 5.75 Å². The van der Waals surface area contributed by atoms with Crippen molar-refractivity contribution in [3.05, 3.63) is 63.3 Å². The SMILES string of the molecule is COc1cc(NC(=O)c2ccc(NC3=C(Cl)C(=O)N(C4CCCCC4)C3=O)cc2)c(Cl)cc1C(=O)O. The Morgan fingerprint density at radius 2 is 1.69 bits per heavy atom. The van der Waals surface area contributed by atoms with Gasteiger partial charge in [0.2, 0.25) is 0 Å². The van der Waals surface area contributed by atoms with Gasteiger partial charge in [0, 0.05) is 23.4 Å². The van der Waals surface area contributed by atoms with E-state index in [1.54, 1.807) is 12.1 Å². The summed E-state index contributed by atoms with van der Waals surface area (Å²) in [4.78, 5) is 50.9. The molecule has 0 bridgehead atoms. The van der Waals surface area contributed by atoms with Crippen LogP contribution in [0.25, 0.3) is 0 Å². The molecule has 2 aromatic rings. The number of imide groups is 1. The topological polar surface area (TPSA) is 125 Å². The third-order valence-electron chi connectivity index (χ3n) is 6.18. The first-order chi connectivity index (χ1) is 17.2. The van der Waals surface area contributed by atoms with Crippen molar-refractivity contribution in [3.63, 3.8) is 0 Å². The molecular formula is C25H23Cl2N3O6. The lowest BCUT2D eigenvalue weighted by molar-refractivity contribution is -0.140. The molecule has 0 radical (unpaired) electrons. The third-order valence-corrected chi connectivity index (χ3v) is 6.85. The molecule has 3 amide bonds. The van der Waals surface area contributed by atoms with Crippen LogP contribution in [0.4, 0.5) is 11.4 Å². The number of carboxylic acid groups (broad SMARTS) is 1. The Bertz CT molecular complexity index is 1270. The number of carbonyl (C=O) groups excluding carboxylic acids is 3. The summed E-state index contributed by atoms with van der Waals surface area (Å²) in [6.07, 6.45) is 4.56. The van der Waals surface area contributed by atoms with Gasteiger partial charge in [-0.15, -0.1) is 0 Å². The van der Waals surface area contributed by atoms with Crippen molar-refractivity contribution in [1.29, 1.82) is 0 Å². The van der Waals surface area contributed by atoms with Crippen LogP contribution in [0.15, 0.2) is 47.1 Å². The van der Waals surface area contributed by atoms with E-state index in [0.29, 0.717) is 5.69 Å². The molecule has 2 aliphatic rings. The molecule has 1 fully saturated rings. The number of ether oxygens (including phenoxy) is 1. The third kappa shape index (κ3) is 5.03. The summed E-state index contributed by atoms with van der Waals surface area (Å²) in [6.45, 7) is 0. The van der Waals surface area contributed by atoms with Gasteiger partial charge in [0.1, 0.15) is 22.0 Å². The Morgan fingerprint density at radius 1 is 1.03 bits per heavy atom. The van der Waals surface area contributed by atoms with Gasteiger partial charge >= 0.3 is 5.97 Å². The van der Waals surface area contributed by atoms with Gasteiger partial charge in [-0.25, -0.2) is 4.79 Å². The van der Waals surface area contributed by atoms with E-state index in [-0.39, 0.29) is 44.4 Å². The van der Waals surface area contributed by atoms with Crippen molar-refractivity contribution in [2.24, 2.45) is 0 Å². The van der Waals surface area contributed by atoms with E-state index in [0.717, 1.165) is 32.1 Å². The molecule has 0 spiro atoms. The van der Waals surface area contributed by atoms with Crippen molar-refractivity contribution < 1.29 is 29.0 Å². The lowest BCUT2D eigenvalue weighted by Gasteiger charge is -2.29. The quantitative estimate of drug-likeness (QED) is 0.435. The number of anilines is 2. The fraction of sp³-hybridized carbons (Fsp3) is 0.280. The Balaban J connectivity index is 1.46. The maximum atomic E-state index is 12.9. The molecule has 9 nitrogen and oxygen atoms in total. The largest absolute Gasteiger partial charge is 0.496 e. The maximum Gasteiger partial charge on any atom is 0.339 e. The van der Waals surface area contributed by atoms with Gasteiger partial charge < -0.3 is 20.5 Å². The number of aromatic carboxylic acids is 1. The molecule has 1 aliphatic carbocycles. The van der Waals surface area contributed by atoms with Crippen LogP contribution < -0.4 is 15.4 Å². The molecule has 188 valence electrons. The number of methoxy groups -OCH3 is 1. The minimum absolute atomic E-state index is 0.0156. The average Bonchev–Trinajstić information content (AvgIpc) is 3.08. The van der Waals surface area contributed by atoms with E-state index in [2.05, 4.69) is 10.6 Å². The maximum absolute atomic E-state index is 12.9. The molecule has 2 aromatic carbocycles. The van der Waals surface area contributed by atoms with Crippen molar-refractivity contribution >= 4 is 58.3 Å². The highest BCUT2D eigenvalue weighted by molar-refractivity contribution is 6.48. The Hall–Kier alpha value is -3.56. The summed E-state index contributed by atoms with van der Waals surface area (Å²) < 4.78 is 5.07. The number of rotatable bonds is 7. The molecule has 0 unspecified atom stereocenters. The van der Waals surface area contributed by atoms with Gasteiger partial charge in [-0.1, -0.05) is 42.5 Å². The number of hydrogen-bond donors (Lipinski definition) is 3. The first-order valence-electron chi connectivity index (χ1n) is 11.3. The van der Waals surface area contributed by atoms with Crippen LogP contribution in [0.5, 0.6) is 5.75 Å². The first-order valence-corrected chi connectivity index (χ1v) is 12.0. The number of hydrogen-bond acceptors (Lipinski definition) is 6. The van der Waals surface area contributed by atoms with E-state index < -0.39 is 23.7 Å². The smallest absolute Gasteiger partial charge is 0.339 e. The normalized spacial score (nSPS) is 16.4. The van der Waals surface area contributed by atoms with E-state index in [4.69, 9.17) is 27.9 Å². The van der Waals surface area contributed by atoms with Crippen LogP contribution in [0.3, 0.4) is 0 Å². The highest BCUT2D eigenvalue weighted by Gasteiger charge is 2.42. The molecule has 0 atom stereocenters. The summed E-state index contributed by atoms with van der Waals surface area (Å²) >= 11 is 12.3. The average molecular weight is 532 g/mol. The molecule has 1 saturated carbocycles. The predicted octanol–water partition coefficient (Wildman–Crippen LogP) is 4.86. The Kier molecular flexibility index (Phi) is 7.51. The van der Waals surface area contributed by atoms with Gasteiger partial charge in [-0.05, 0) is 43.2 Å². The van der Waals surface area contributed by atoms with E-state index in [9.17, 15) is 24.3 Å². The van der Waals surface area contributed by atoms with Crippen LogP contribution in [0, 0.1) is 0 Å². The number of benzene rings is 2. The summed E-state index contributed by atoms with van der Waals surface area (Å²) in [6, 6.07) is 8.55. The zero-order valence-corrected chi connectivity index (χ0v) is 20.8. The fourth-order valence-electron chi connectivity index (χ4n) is 4.33. The second-order valence-corrected chi connectivity index (χ2v) is 9.24. The number of halogens is 2. The lowest BCUT2D eigenvalue weighted by Crippen LogP contribution is -2.42. The van der Waals surface area contributed by atoms with Crippen LogP contribution in [-0.2, 0) is 9.59 Å². The predicted molar refractivity (Wildman–Crippen MR) is 135 cm³/mol. The van der Waals surface area contributed by atoms with Gasteiger partial charge in [0.05, 0.1) is 17.8 Å². The zero-order chi connectivity index (χ0) is 26.0. The Labute approximate surface area is 217 Å². The van der Waals surface area contributed by atoms with Crippen LogP contribution in [0.1, 0.15) is 52.8 Å². The van der Waals surface area contributed by atoms with Gasteiger partial charge in [0.25, 0.3) is 17.7 Å². The molecule has 1 heterocycles. The van der Waals surface area contributed by atoms with Crippen LogP contribution in [-0.4, -0.2) is 46.8 Å². The summed E-state index contributed by atoms with van der Waals surface area (Å²) in [7, 11) is 1.31. The standard InChI is InChI=1S/C25H23Cl2N3O6/c1-36-19-12-18(17(26)11-16(19)25(34)35)29-22(31)13-7-9-14(10-8-13)28-21-20(27)23(32)30(24(21)33)15-5-3-2-4-6-15/h7-12,15,28H,2-6H2,1H3,(H,29,31)(H,34,35). The molecule has 0 saturated heterocycles. The minimum atomic E-state index is -1.21.